The molecule has 0 bridgehead atoms. The molecule has 0 spiro atoms. The maximum Gasteiger partial charge on any atom is 0.235 e. The number of rotatable bonds is 7. The van der Waals surface area contributed by atoms with E-state index in [0.717, 1.165) is 16.1 Å². The van der Waals surface area contributed by atoms with Gasteiger partial charge in [-0.3, -0.25) is 4.79 Å². The molecule has 1 amide bonds. The zero-order chi connectivity index (χ0) is 16.9. The SMILES string of the molecule is CN(C)[C@@H](CNC(=O)CN(C)S(C)(=O)=O)c1cccc(F)c1. The molecule has 6 nitrogen and oxygen atoms in total. The van der Waals surface area contributed by atoms with Crippen LogP contribution >= 0.6 is 0 Å². The summed E-state index contributed by atoms with van der Waals surface area (Å²) in [6, 6.07) is 5.96. The fourth-order valence-electron chi connectivity index (χ4n) is 1.90. The summed E-state index contributed by atoms with van der Waals surface area (Å²) in [6.45, 7) is 0.00895. The highest BCUT2D eigenvalue weighted by Gasteiger charge is 2.18. The molecule has 0 heterocycles. The Morgan fingerprint density at radius 1 is 1.32 bits per heavy atom. The third-order valence-corrected chi connectivity index (χ3v) is 4.54. The summed E-state index contributed by atoms with van der Waals surface area (Å²) in [7, 11) is 1.59. The molecule has 0 aliphatic rings. The topological polar surface area (TPSA) is 69.7 Å². The maximum absolute atomic E-state index is 13.3. The molecule has 1 aromatic carbocycles. The molecule has 0 fully saturated rings. The number of halogens is 1. The normalized spacial score (nSPS) is 13.4. The first-order chi connectivity index (χ1) is 10.1. The molecule has 0 aliphatic carbocycles. The highest BCUT2D eigenvalue weighted by molar-refractivity contribution is 7.88. The van der Waals surface area contributed by atoms with E-state index in [1.165, 1.54) is 19.2 Å². The van der Waals surface area contributed by atoms with Gasteiger partial charge in [0.05, 0.1) is 18.8 Å². The van der Waals surface area contributed by atoms with Crippen LogP contribution in [-0.4, -0.2) is 64.0 Å². The first-order valence-electron chi connectivity index (χ1n) is 6.71. The number of carbonyl (C=O) groups excluding carboxylic acids is 1. The van der Waals surface area contributed by atoms with Crippen LogP contribution in [0, 0.1) is 5.82 Å². The molecular formula is C14H22FN3O3S. The van der Waals surface area contributed by atoms with E-state index in [2.05, 4.69) is 5.32 Å². The van der Waals surface area contributed by atoms with Gasteiger partial charge in [-0.25, -0.2) is 12.8 Å². The average molecular weight is 331 g/mol. The van der Waals surface area contributed by atoms with Crippen LogP contribution in [0.4, 0.5) is 4.39 Å². The molecule has 0 aliphatic heterocycles. The molecule has 8 heteroatoms. The smallest absolute Gasteiger partial charge is 0.235 e. The van der Waals surface area contributed by atoms with Crippen molar-refractivity contribution in [1.82, 2.24) is 14.5 Å². The summed E-state index contributed by atoms with van der Waals surface area (Å²) in [5, 5.41) is 2.68. The Kier molecular flexibility index (Phi) is 6.46. The van der Waals surface area contributed by atoms with Crippen molar-refractivity contribution in [2.75, 3.05) is 40.5 Å². The Labute approximate surface area is 131 Å². The fraction of sp³-hybridized carbons (Fsp3) is 0.500. The van der Waals surface area contributed by atoms with Gasteiger partial charge in [-0.05, 0) is 31.8 Å². The van der Waals surface area contributed by atoms with Gasteiger partial charge in [0, 0.05) is 13.6 Å². The Hall–Kier alpha value is -1.51. The van der Waals surface area contributed by atoms with Crippen LogP contribution in [0.1, 0.15) is 11.6 Å². The van der Waals surface area contributed by atoms with Crippen LogP contribution in [0.3, 0.4) is 0 Å². The number of hydrogen-bond donors (Lipinski definition) is 1. The maximum atomic E-state index is 13.3. The van der Waals surface area contributed by atoms with Crippen LogP contribution in [0.2, 0.25) is 0 Å². The Bertz CT molecular complexity index is 620. The predicted molar refractivity (Wildman–Crippen MR) is 83.3 cm³/mol. The van der Waals surface area contributed by atoms with Crippen molar-refractivity contribution in [3.8, 4) is 0 Å². The first-order valence-corrected chi connectivity index (χ1v) is 8.56. The molecule has 0 saturated heterocycles. The highest BCUT2D eigenvalue weighted by atomic mass is 32.2. The van der Waals surface area contributed by atoms with Crippen LogP contribution < -0.4 is 5.32 Å². The summed E-state index contributed by atoms with van der Waals surface area (Å²) in [6.07, 6.45) is 1.04. The van der Waals surface area contributed by atoms with Gasteiger partial charge in [-0.15, -0.1) is 0 Å². The second kappa shape index (κ2) is 7.66. The zero-order valence-corrected chi connectivity index (χ0v) is 14.0. The Balaban J connectivity index is 2.68. The third kappa shape index (κ3) is 5.70. The molecule has 1 aromatic rings. The lowest BCUT2D eigenvalue weighted by molar-refractivity contribution is -0.121. The van der Waals surface area contributed by atoms with Crippen molar-refractivity contribution in [3.63, 3.8) is 0 Å². The van der Waals surface area contributed by atoms with E-state index in [1.807, 2.05) is 19.0 Å². The number of hydrogen-bond acceptors (Lipinski definition) is 4. The Morgan fingerprint density at radius 2 is 1.95 bits per heavy atom. The zero-order valence-electron chi connectivity index (χ0n) is 13.2. The standard InChI is InChI=1S/C14H22FN3O3S/c1-17(2)13(11-6-5-7-12(15)8-11)9-16-14(19)10-18(3)22(4,20)21/h5-8,13H,9-10H2,1-4H3,(H,16,19)/t13-/m0/s1. The van der Waals surface area contributed by atoms with Crippen molar-refractivity contribution in [2.45, 2.75) is 6.04 Å². The number of amides is 1. The van der Waals surface area contributed by atoms with E-state index in [-0.39, 0.29) is 24.9 Å². The summed E-state index contributed by atoms with van der Waals surface area (Å²) >= 11 is 0. The molecule has 124 valence electrons. The second-order valence-electron chi connectivity index (χ2n) is 5.36. The van der Waals surface area contributed by atoms with Gasteiger partial charge >= 0.3 is 0 Å². The number of sulfonamides is 1. The van der Waals surface area contributed by atoms with E-state index in [9.17, 15) is 17.6 Å². The lowest BCUT2D eigenvalue weighted by Gasteiger charge is -2.25. The lowest BCUT2D eigenvalue weighted by atomic mass is 10.1. The minimum absolute atomic E-state index is 0.205. The van der Waals surface area contributed by atoms with Gasteiger partial charge in [0.2, 0.25) is 15.9 Å². The molecule has 1 atom stereocenters. The number of carbonyl (C=O) groups is 1. The van der Waals surface area contributed by atoms with E-state index >= 15 is 0 Å². The molecule has 0 unspecified atom stereocenters. The minimum Gasteiger partial charge on any atom is -0.353 e. The van der Waals surface area contributed by atoms with E-state index in [1.54, 1.807) is 12.1 Å². The number of nitrogens with zero attached hydrogens (tertiary/aromatic N) is 2. The largest absolute Gasteiger partial charge is 0.353 e. The number of likely N-dealkylation sites (N-methyl/N-ethyl adjacent to an activating group) is 2. The number of nitrogens with one attached hydrogen (secondary N) is 1. The monoisotopic (exact) mass is 331 g/mol. The fourth-order valence-corrected chi connectivity index (χ4v) is 2.25. The van der Waals surface area contributed by atoms with Crippen LogP contribution in [0.5, 0.6) is 0 Å². The van der Waals surface area contributed by atoms with Gasteiger partial charge < -0.3 is 10.2 Å². The van der Waals surface area contributed by atoms with Gasteiger partial charge in [0.15, 0.2) is 0 Å². The van der Waals surface area contributed by atoms with Crippen molar-refractivity contribution in [3.05, 3.63) is 35.6 Å². The van der Waals surface area contributed by atoms with Crippen molar-refractivity contribution in [2.24, 2.45) is 0 Å². The Morgan fingerprint density at radius 3 is 2.45 bits per heavy atom. The van der Waals surface area contributed by atoms with Crippen molar-refractivity contribution >= 4 is 15.9 Å². The summed E-state index contributed by atoms with van der Waals surface area (Å²) < 4.78 is 36.8. The van der Waals surface area contributed by atoms with E-state index < -0.39 is 15.9 Å². The van der Waals surface area contributed by atoms with Crippen LogP contribution in [0.15, 0.2) is 24.3 Å². The summed E-state index contributed by atoms with van der Waals surface area (Å²) in [5.41, 5.74) is 0.738. The highest BCUT2D eigenvalue weighted by Crippen LogP contribution is 2.18. The summed E-state index contributed by atoms with van der Waals surface area (Å²) in [4.78, 5) is 13.7. The van der Waals surface area contributed by atoms with Gasteiger partial charge in [0.1, 0.15) is 5.82 Å². The third-order valence-electron chi connectivity index (χ3n) is 3.28. The molecular weight excluding hydrogens is 309 g/mol. The first kappa shape index (κ1) is 18.5. The van der Waals surface area contributed by atoms with Crippen LogP contribution in [-0.2, 0) is 14.8 Å². The van der Waals surface area contributed by atoms with E-state index in [0.29, 0.717) is 0 Å². The molecule has 0 aromatic heterocycles. The van der Waals surface area contributed by atoms with Crippen molar-refractivity contribution in [1.29, 1.82) is 0 Å². The van der Waals surface area contributed by atoms with Gasteiger partial charge in [0.25, 0.3) is 0 Å². The molecule has 1 N–H and O–H groups in total. The minimum atomic E-state index is -3.40. The van der Waals surface area contributed by atoms with Gasteiger partial charge in [-0.1, -0.05) is 12.1 Å². The predicted octanol–water partition coefficient (Wildman–Crippen LogP) is 0.436. The lowest BCUT2D eigenvalue weighted by Crippen LogP contribution is -2.41. The van der Waals surface area contributed by atoms with Crippen molar-refractivity contribution < 1.29 is 17.6 Å². The number of benzene rings is 1. The molecule has 0 radical (unpaired) electrons. The van der Waals surface area contributed by atoms with Gasteiger partial charge in [-0.2, -0.15) is 4.31 Å². The quantitative estimate of drug-likeness (QED) is 0.787. The molecule has 1 rings (SSSR count). The van der Waals surface area contributed by atoms with Crippen LogP contribution in [0.25, 0.3) is 0 Å². The molecule has 22 heavy (non-hydrogen) atoms. The van der Waals surface area contributed by atoms with E-state index in [4.69, 9.17) is 0 Å². The average Bonchev–Trinajstić information content (AvgIpc) is 2.37. The molecule has 0 saturated carbocycles. The summed E-state index contributed by atoms with van der Waals surface area (Å²) in [5.74, 6) is -0.747. The second-order valence-corrected chi connectivity index (χ2v) is 7.45.